The highest BCUT2D eigenvalue weighted by atomic mass is 32.2. The van der Waals surface area contributed by atoms with Crippen LogP contribution in [0.1, 0.15) is 33.5 Å². The van der Waals surface area contributed by atoms with Gasteiger partial charge in [-0.05, 0) is 85.8 Å². The van der Waals surface area contributed by atoms with Crippen LogP contribution in [0.4, 0.5) is 33.6 Å². The average Bonchev–Trinajstić information content (AvgIpc) is 3.90. The van der Waals surface area contributed by atoms with E-state index in [-0.39, 0.29) is 84.7 Å². The summed E-state index contributed by atoms with van der Waals surface area (Å²) in [5, 5.41) is 80.6. The fourth-order valence-corrected chi connectivity index (χ4v) is 9.30. The summed E-state index contributed by atoms with van der Waals surface area (Å²) in [5.41, 5.74) is 1.22. The topological polar surface area (TPSA) is 363 Å². The first kappa shape index (κ1) is 47.9. The molecular formula is C41H30N10O14S4. The molecule has 0 saturated carbocycles. The molecule has 0 fully saturated rings. The number of phenols is 1. The SMILES string of the molecule is Cc1cc(N=Nc2c(SOOO)cc3cc(S(=O)(=O)O)c(N=Nc4c(C)c(C#N)c5nc6ccccc6n5c4O)cc3c2O)c(OCCCS(=O)(=O)O)cc1N=Nc1nc2ccc(C(=O)O)cc2s1. The number of aromatic carboxylic acids is 1. The van der Waals surface area contributed by atoms with Crippen LogP contribution in [0.15, 0.2) is 113 Å². The molecule has 0 radical (unpaired) electrons. The van der Waals surface area contributed by atoms with Crippen molar-refractivity contribution < 1.29 is 65.4 Å². The summed E-state index contributed by atoms with van der Waals surface area (Å²) < 4.78 is 80.3. The van der Waals surface area contributed by atoms with E-state index in [4.69, 9.17) is 9.99 Å². The van der Waals surface area contributed by atoms with Crippen molar-refractivity contribution in [1.82, 2.24) is 14.4 Å². The van der Waals surface area contributed by atoms with E-state index in [1.165, 1.54) is 47.7 Å². The first-order valence-electron chi connectivity index (χ1n) is 19.5. The van der Waals surface area contributed by atoms with Crippen LogP contribution in [0.5, 0.6) is 17.4 Å². The first-order chi connectivity index (χ1) is 32.8. The molecule has 0 atom stereocenters. The molecule has 3 heterocycles. The lowest BCUT2D eigenvalue weighted by molar-refractivity contribution is -0.432. The molecule has 0 saturated heterocycles. The molecule has 69 heavy (non-hydrogen) atoms. The van der Waals surface area contributed by atoms with Crippen molar-refractivity contribution in [1.29, 1.82) is 5.26 Å². The van der Waals surface area contributed by atoms with Crippen molar-refractivity contribution in [2.45, 2.75) is 30.1 Å². The summed E-state index contributed by atoms with van der Waals surface area (Å²) in [6, 6.07) is 19.2. The molecule has 0 unspecified atom stereocenters. The smallest absolute Gasteiger partial charge is 0.335 e. The van der Waals surface area contributed by atoms with Gasteiger partial charge in [-0.3, -0.25) is 13.5 Å². The van der Waals surface area contributed by atoms with Crippen molar-refractivity contribution in [3.05, 3.63) is 95.1 Å². The molecule has 8 rings (SSSR count). The molecule has 28 heteroatoms. The number of pyridine rings is 1. The molecule has 0 aliphatic rings. The largest absolute Gasteiger partial charge is 0.505 e. The second-order valence-electron chi connectivity index (χ2n) is 14.5. The average molecular weight is 1020 g/mol. The Morgan fingerprint density at radius 3 is 2.33 bits per heavy atom. The number of imidazole rings is 1. The number of para-hydroxylation sites is 2. The summed E-state index contributed by atoms with van der Waals surface area (Å²) in [5.74, 6) is -2.96. The van der Waals surface area contributed by atoms with Gasteiger partial charge >= 0.3 is 5.97 Å². The third-order valence-electron chi connectivity index (χ3n) is 10.1. The van der Waals surface area contributed by atoms with E-state index < -0.39 is 54.2 Å². The van der Waals surface area contributed by atoms with Gasteiger partial charge in [0.15, 0.2) is 17.1 Å². The van der Waals surface area contributed by atoms with E-state index >= 15 is 0 Å². The van der Waals surface area contributed by atoms with Gasteiger partial charge in [0.05, 0.1) is 61.8 Å². The van der Waals surface area contributed by atoms with Gasteiger partial charge in [-0.2, -0.15) is 22.1 Å². The van der Waals surface area contributed by atoms with E-state index in [9.17, 15) is 51.3 Å². The Morgan fingerprint density at radius 2 is 1.61 bits per heavy atom. The molecule has 0 amide bonds. The number of thiazole rings is 1. The Balaban J connectivity index is 1.21. The van der Waals surface area contributed by atoms with Crippen molar-refractivity contribution >= 4 is 121 Å². The Bertz CT molecular complexity index is 3800. The van der Waals surface area contributed by atoms with E-state index in [1.54, 1.807) is 31.2 Å². The molecule has 8 aromatic rings. The third-order valence-corrected chi connectivity index (χ3v) is 13.3. The molecule has 0 aliphatic carbocycles. The number of hydrogen-bond acceptors (Lipinski definition) is 22. The number of azo groups is 3. The monoisotopic (exact) mass is 1010 g/mol. The predicted molar refractivity (Wildman–Crippen MR) is 247 cm³/mol. The lowest BCUT2D eigenvalue weighted by atomic mass is 10.1. The number of nitriles is 1. The van der Waals surface area contributed by atoms with E-state index in [0.717, 1.165) is 23.5 Å². The molecule has 0 bridgehead atoms. The van der Waals surface area contributed by atoms with Crippen LogP contribution >= 0.6 is 23.4 Å². The lowest BCUT2D eigenvalue weighted by Gasteiger charge is -2.13. The Labute approximate surface area is 395 Å². The molecule has 0 aliphatic heterocycles. The van der Waals surface area contributed by atoms with Crippen LogP contribution in [-0.2, 0) is 29.6 Å². The van der Waals surface area contributed by atoms with Gasteiger partial charge in [-0.15, -0.1) is 35.0 Å². The number of aryl methyl sites for hydroxylation is 1. The Kier molecular flexibility index (Phi) is 13.3. The minimum Gasteiger partial charge on any atom is -0.505 e. The summed E-state index contributed by atoms with van der Waals surface area (Å²) in [4.78, 5) is 19.3. The summed E-state index contributed by atoms with van der Waals surface area (Å²) >= 11 is 1.39. The van der Waals surface area contributed by atoms with Crippen LogP contribution in [0.2, 0.25) is 0 Å². The molecule has 352 valence electrons. The number of carboxylic acid groups (broad SMARTS) is 1. The maximum absolute atomic E-state index is 12.8. The standard InChI is InChI=1S/C41H30N10O14S4/c1-19-12-28(31(63-10-5-11-68(57,58)59)17-27(19)45-50-41-44-26-9-8-21(40(54)55)13-32(26)66-41)46-49-36-33(67-65-64-56)14-22-15-34(69(60,61)62)29(16-23(22)37(36)52)47-48-35-20(2)24(18-42)38-43-25-6-3-4-7-30(25)51(38)39(35)53/h3-4,6-9,12-17,52-53,56H,5,10-11H2,1-2H3,(H,54,55)(H,57,58,59)(H,60,61,62). The summed E-state index contributed by atoms with van der Waals surface area (Å²) in [6.07, 6.45) is -0.159. The number of carboxylic acids is 1. The zero-order valence-corrected chi connectivity index (χ0v) is 38.4. The van der Waals surface area contributed by atoms with Crippen LogP contribution < -0.4 is 4.74 Å². The maximum Gasteiger partial charge on any atom is 0.335 e. The molecule has 5 aromatic carbocycles. The van der Waals surface area contributed by atoms with Crippen molar-refractivity contribution in [3.8, 4) is 23.4 Å². The number of aromatic nitrogens is 3. The number of phenolic OH excluding ortho intramolecular Hbond substituents is 1. The highest BCUT2D eigenvalue weighted by Gasteiger charge is 2.25. The fourth-order valence-electron chi connectivity index (χ4n) is 6.86. The number of rotatable bonds is 16. The third kappa shape index (κ3) is 10.0. The number of carbonyl (C=O) groups is 1. The number of fused-ring (bicyclic) bond motifs is 5. The van der Waals surface area contributed by atoms with Crippen molar-refractivity contribution in [3.63, 3.8) is 0 Å². The van der Waals surface area contributed by atoms with E-state index in [0.29, 0.717) is 38.9 Å². The van der Waals surface area contributed by atoms with Crippen molar-refractivity contribution in [2.24, 2.45) is 30.7 Å². The lowest BCUT2D eigenvalue weighted by Crippen LogP contribution is -2.08. The van der Waals surface area contributed by atoms with Gasteiger partial charge in [0.25, 0.3) is 20.2 Å². The summed E-state index contributed by atoms with van der Waals surface area (Å²) in [7, 11) is -9.43. The van der Waals surface area contributed by atoms with Gasteiger partial charge in [-0.1, -0.05) is 28.5 Å². The number of nitrogens with zero attached hydrogens (tertiary/aromatic N) is 10. The van der Waals surface area contributed by atoms with Crippen LogP contribution in [0.3, 0.4) is 0 Å². The Hall–Kier alpha value is -7.59. The van der Waals surface area contributed by atoms with E-state index in [2.05, 4.69) is 50.0 Å². The molecule has 24 nitrogen and oxygen atoms in total. The van der Waals surface area contributed by atoms with Gasteiger partial charge in [0.2, 0.25) is 11.0 Å². The minimum absolute atomic E-state index is 0.0139. The zero-order chi connectivity index (χ0) is 49.4. The normalized spacial score (nSPS) is 12.5. The highest BCUT2D eigenvalue weighted by molar-refractivity contribution is 7.94. The van der Waals surface area contributed by atoms with Crippen LogP contribution in [0.25, 0.3) is 37.7 Å². The number of hydrogen-bond donors (Lipinski definition) is 6. The quantitative estimate of drug-likeness (QED) is 0.0131. The number of ether oxygens (including phenoxy) is 1. The fraction of sp³-hybridized carbons (Fsp3) is 0.122. The van der Waals surface area contributed by atoms with Gasteiger partial charge in [0.1, 0.15) is 39.3 Å². The van der Waals surface area contributed by atoms with Crippen LogP contribution in [-0.4, -0.2) is 79.2 Å². The zero-order valence-electron chi connectivity index (χ0n) is 35.1. The predicted octanol–water partition coefficient (Wildman–Crippen LogP) is 10.4. The Morgan fingerprint density at radius 1 is 0.870 bits per heavy atom. The van der Waals surface area contributed by atoms with Gasteiger partial charge in [-0.25, -0.2) is 20.0 Å². The molecule has 3 aromatic heterocycles. The minimum atomic E-state index is -5.09. The highest BCUT2D eigenvalue weighted by Crippen LogP contribution is 2.48. The number of aromatic hydroxyl groups is 2. The number of benzene rings is 5. The second-order valence-corrected chi connectivity index (χ2v) is 19.2. The molecular weight excluding hydrogens is 985 g/mol. The van der Waals surface area contributed by atoms with Crippen LogP contribution in [0, 0.1) is 25.2 Å². The summed E-state index contributed by atoms with van der Waals surface area (Å²) in [6.45, 7) is 2.84. The van der Waals surface area contributed by atoms with Gasteiger partial charge < -0.3 is 20.1 Å². The molecule has 0 spiro atoms. The maximum atomic E-state index is 12.8. The second kappa shape index (κ2) is 19.2. The molecule has 6 N–H and O–H groups in total. The van der Waals surface area contributed by atoms with Crippen molar-refractivity contribution in [2.75, 3.05) is 12.4 Å². The first-order valence-corrected chi connectivity index (χ1v) is 24.1. The van der Waals surface area contributed by atoms with Gasteiger partial charge in [0, 0.05) is 17.0 Å². The van der Waals surface area contributed by atoms with E-state index in [1.807, 2.05) is 6.07 Å².